The molecule has 0 rings (SSSR count). The fourth-order valence-electron chi connectivity index (χ4n) is 1.69. The molecule has 25 heavy (non-hydrogen) atoms. The minimum absolute atomic E-state index is 0.0498. The molecule has 3 unspecified atom stereocenters. The third-order valence-electron chi connectivity index (χ3n) is 3.36. The molecule has 0 aromatic heterocycles. The van der Waals surface area contributed by atoms with Crippen molar-refractivity contribution in [2.75, 3.05) is 26.3 Å². The van der Waals surface area contributed by atoms with Crippen LogP contribution in [0.2, 0.25) is 0 Å². The van der Waals surface area contributed by atoms with E-state index in [0.29, 0.717) is 12.1 Å². The lowest BCUT2D eigenvalue weighted by Crippen LogP contribution is -2.38. The summed E-state index contributed by atoms with van der Waals surface area (Å²) in [4.78, 5) is 0. The van der Waals surface area contributed by atoms with Gasteiger partial charge in [-0.3, -0.25) is 10.6 Å². The average Bonchev–Trinajstić information content (AvgIpc) is 2.54. The van der Waals surface area contributed by atoms with Gasteiger partial charge in [-0.1, -0.05) is 20.4 Å². The minimum Gasteiger partial charge on any atom is -0.388 e. The Hall–Kier alpha value is -0.620. The molecule has 5 atom stereocenters. The first-order valence-electron chi connectivity index (χ1n) is 8.40. The number of aliphatic hydroxyl groups is 5. The zero-order valence-electron chi connectivity index (χ0n) is 15.3. The first kappa shape index (κ1) is 24.4. The van der Waals surface area contributed by atoms with Gasteiger partial charge in [0.25, 0.3) is 0 Å². The zero-order chi connectivity index (χ0) is 19.4. The molecule has 0 radical (unpaired) electrons. The molecule has 9 heteroatoms. The second-order valence-electron chi connectivity index (χ2n) is 6.24. The summed E-state index contributed by atoms with van der Waals surface area (Å²) in [5.74, 6) is 0.0498. The topological polar surface area (TPSA) is 144 Å². The van der Waals surface area contributed by atoms with E-state index in [4.69, 9.17) is 9.47 Å². The van der Waals surface area contributed by atoms with Gasteiger partial charge >= 0.3 is 0 Å². The van der Waals surface area contributed by atoms with Gasteiger partial charge in [0.1, 0.15) is 18.6 Å². The van der Waals surface area contributed by atoms with Gasteiger partial charge in [-0.2, -0.15) is 0 Å². The molecule has 0 aromatic rings. The van der Waals surface area contributed by atoms with E-state index in [9.17, 15) is 25.5 Å². The Bertz CT molecular complexity index is 357. The molecule has 150 valence electrons. The van der Waals surface area contributed by atoms with E-state index in [1.165, 1.54) is 0 Å². The molecule has 0 aromatic carbocycles. The highest BCUT2D eigenvalue weighted by molar-refractivity contribution is 4.94. The number of ether oxygens (including phenoxy) is 2. The molecule has 7 N–H and O–H groups in total. The monoisotopic (exact) mass is 366 g/mol. The minimum atomic E-state index is -1.47. The van der Waals surface area contributed by atoms with Crippen LogP contribution in [-0.2, 0) is 9.47 Å². The van der Waals surface area contributed by atoms with Crippen molar-refractivity contribution in [3.63, 3.8) is 0 Å². The fraction of sp³-hybridized carbons (Fsp3) is 0.875. The summed E-state index contributed by atoms with van der Waals surface area (Å²) in [5, 5.41) is 53.5. The maximum absolute atomic E-state index is 9.75. The van der Waals surface area contributed by atoms with Crippen molar-refractivity contribution in [1.82, 2.24) is 10.6 Å². The lowest BCUT2D eigenvalue weighted by atomic mass is 10.2. The molecule has 0 heterocycles. The first-order chi connectivity index (χ1) is 11.6. The Labute approximate surface area is 149 Å². The van der Waals surface area contributed by atoms with Gasteiger partial charge in [0, 0.05) is 19.5 Å². The van der Waals surface area contributed by atoms with Crippen molar-refractivity contribution in [2.45, 2.75) is 58.3 Å². The highest BCUT2D eigenvalue weighted by Crippen LogP contribution is 2.06. The van der Waals surface area contributed by atoms with E-state index in [2.05, 4.69) is 17.2 Å². The van der Waals surface area contributed by atoms with Crippen molar-refractivity contribution in [1.29, 1.82) is 0 Å². The molecule has 0 spiro atoms. The second kappa shape index (κ2) is 13.6. The van der Waals surface area contributed by atoms with E-state index in [0.717, 1.165) is 0 Å². The molecular formula is C16H34N2O7. The third-order valence-corrected chi connectivity index (χ3v) is 3.36. The largest absolute Gasteiger partial charge is 0.388 e. The van der Waals surface area contributed by atoms with Gasteiger partial charge < -0.3 is 35.0 Å². The normalized spacial score (nSPS) is 18.0. The first-order valence-corrected chi connectivity index (χ1v) is 8.40. The molecule has 0 aliphatic carbocycles. The molecule has 0 saturated carbocycles. The van der Waals surface area contributed by atoms with Crippen LogP contribution in [0.4, 0.5) is 0 Å². The van der Waals surface area contributed by atoms with Crippen LogP contribution in [0.5, 0.6) is 0 Å². The zero-order valence-corrected chi connectivity index (χ0v) is 15.3. The van der Waals surface area contributed by atoms with E-state index < -0.39 is 31.1 Å². The van der Waals surface area contributed by atoms with Crippen LogP contribution in [0.25, 0.3) is 0 Å². The lowest BCUT2D eigenvalue weighted by Gasteiger charge is -2.22. The van der Waals surface area contributed by atoms with E-state index in [1.807, 2.05) is 13.8 Å². The number of rotatable bonds is 15. The van der Waals surface area contributed by atoms with E-state index >= 15 is 0 Å². The summed E-state index contributed by atoms with van der Waals surface area (Å²) >= 11 is 0. The summed E-state index contributed by atoms with van der Waals surface area (Å²) < 4.78 is 10.1. The van der Waals surface area contributed by atoms with Gasteiger partial charge in [0.05, 0.1) is 13.2 Å². The lowest BCUT2D eigenvalue weighted by molar-refractivity contribution is -0.191. The summed E-state index contributed by atoms with van der Waals surface area (Å²) in [6.45, 7) is 9.73. The molecular weight excluding hydrogens is 332 g/mol. The van der Waals surface area contributed by atoms with Crippen LogP contribution in [0.3, 0.4) is 0 Å². The maximum Gasteiger partial charge on any atom is 0.181 e. The molecule has 0 amide bonds. The van der Waals surface area contributed by atoms with Crippen LogP contribution in [-0.4, -0.2) is 83.0 Å². The van der Waals surface area contributed by atoms with Gasteiger partial charge in [0.15, 0.2) is 12.6 Å². The number of hydrogen-bond acceptors (Lipinski definition) is 9. The smallest absolute Gasteiger partial charge is 0.181 e. The van der Waals surface area contributed by atoms with E-state index in [-0.39, 0.29) is 32.1 Å². The van der Waals surface area contributed by atoms with Crippen molar-refractivity contribution < 1.29 is 35.0 Å². The molecule has 0 bridgehead atoms. The quantitative estimate of drug-likeness (QED) is 0.104. The predicted molar refractivity (Wildman–Crippen MR) is 92.2 cm³/mol. The highest BCUT2D eigenvalue weighted by Gasteiger charge is 2.21. The van der Waals surface area contributed by atoms with Crippen LogP contribution in [0.15, 0.2) is 12.2 Å². The Kier molecular flexibility index (Phi) is 13.2. The van der Waals surface area contributed by atoms with Crippen molar-refractivity contribution in [2.24, 2.45) is 5.92 Å². The Balaban J connectivity index is 3.80. The predicted octanol–water partition coefficient (Wildman–Crippen LogP) is -1.54. The van der Waals surface area contributed by atoms with Gasteiger partial charge in [0.2, 0.25) is 0 Å². The van der Waals surface area contributed by atoms with Crippen LogP contribution >= 0.6 is 0 Å². The standard InChI is InChI=1S/C16H34N2O7/c1-10(2)14(21)17-5-7-24-13(20)9-12(19)16(23)25-8-6-18-15(22)11(3)4/h11-23H,1,5-9H2,2-4H3/t12?,13?,14-,15?,16+/m1/s1. The molecule has 9 nitrogen and oxygen atoms in total. The molecule has 0 aliphatic heterocycles. The Morgan fingerprint density at radius 3 is 2.08 bits per heavy atom. The van der Waals surface area contributed by atoms with E-state index in [1.54, 1.807) is 6.92 Å². The SMILES string of the molecule is C=C(C)[C@@H](O)NCCOC(O)CC(O)[C@@H](O)OCCNC(O)C(C)C. The molecule has 0 saturated heterocycles. The molecule has 0 aliphatic rings. The van der Waals surface area contributed by atoms with Crippen molar-refractivity contribution in [3.05, 3.63) is 12.2 Å². The average molecular weight is 366 g/mol. The van der Waals surface area contributed by atoms with Crippen molar-refractivity contribution in [3.8, 4) is 0 Å². The van der Waals surface area contributed by atoms with Gasteiger partial charge in [-0.15, -0.1) is 0 Å². The molecule has 0 fully saturated rings. The fourth-order valence-corrected chi connectivity index (χ4v) is 1.69. The van der Waals surface area contributed by atoms with Crippen LogP contribution in [0, 0.1) is 5.92 Å². The summed E-state index contributed by atoms with van der Waals surface area (Å²) in [6, 6.07) is 0. The Morgan fingerprint density at radius 1 is 0.960 bits per heavy atom. The number of aliphatic hydroxyl groups excluding tert-OH is 5. The summed E-state index contributed by atoms with van der Waals surface area (Å²) in [6.07, 6.45) is -5.81. The summed E-state index contributed by atoms with van der Waals surface area (Å²) in [5.41, 5.74) is 0.562. The summed E-state index contributed by atoms with van der Waals surface area (Å²) in [7, 11) is 0. The maximum atomic E-state index is 9.75. The number of hydrogen-bond donors (Lipinski definition) is 7. The van der Waals surface area contributed by atoms with Crippen molar-refractivity contribution >= 4 is 0 Å². The van der Waals surface area contributed by atoms with Crippen LogP contribution in [0.1, 0.15) is 27.2 Å². The van der Waals surface area contributed by atoms with Gasteiger partial charge in [-0.25, -0.2) is 0 Å². The number of nitrogens with one attached hydrogen (secondary N) is 2. The van der Waals surface area contributed by atoms with Gasteiger partial charge in [-0.05, 0) is 18.4 Å². The van der Waals surface area contributed by atoms with Crippen LogP contribution < -0.4 is 10.6 Å². The Morgan fingerprint density at radius 2 is 1.52 bits per heavy atom. The third kappa shape index (κ3) is 12.4. The highest BCUT2D eigenvalue weighted by atomic mass is 16.6. The second-order valence-corrected chi connectivity index (χ2v) is 6.24.